The normalized spacial score (nSPS) is 22.7. The van der Waals surface area contributed by atoms with Gasteiger partial charge in [0.05, 0.1) is 13.2 Å². The van der Waals surface area contributed by atoms with E-state index in [1.165, 1.54) is 19.4 Å². The number of morpholine rings is 1. The van der Waals surface area contributed by atoms with Crippen molar-refractivity contribution >= 4 is 5.95 Å². The van der Waals surface area contributed by atoms with E-state index in [9.17, 15) is 0 Å². The van der Waals surface area contributed by atoms with Gasteiger partial charge in [-0.15, -0.1) is 0 Å². The van der Waals surface area contributed by atoms with Gasteiger partial charge in [-0.1, -0.05) is 0 Å². The van der Waals surface area contributed by atoms with Crippen LogP contribution in [0.2, 0.25) is 0 Å². The molecular weight excluding hydrogens is 304 g/mol. The number of nitrogens with one attached hydrogen (secondary N) is 2. The van der Waals surface area contributed by atoms with Crippen LogP contribution in [0.25, 0.3) is 0 Å². The molecule has 2 aliphatic heterocycles. The van der Waals surface area contributed by atoms with Gasteiger partial charge in [0.1, 0.15) is 0 Å². The lowest BCUT2D eigenvalue weighted by Gasteiger charge is -2.34. The van der Waals surface area contributed by atoms with Crippen molar-refractivity contribution in [1.29, 1.82) is 0 Å². The molecule has 134 valence electrons. The molecule has 1 aromatic heterocycles. The lowest BCUT2D eigenvalue weighted by molar-refractivity contribution is 0.0767. The molecule has 24 heavy (non-hydrogen) atoms. The quantitative estimate of drug-likeness (QED) is 0.647. The minimum Gasteiger partial charge on any atom is -0.378 e. The minimum atomic E-state index is 0.479. The minimum absolute atomic E-state index is 0.479. The summed E-state index contributed by atoms with van der Waals surface area (Å²) in [5, 5.41) is 7.00. The second-order valence-corrected chi connectivity index (χ2v) is 6.51. The van der Waals surface area contributed by atoms with Crippen LogP contribution in [0.15, 0.2) is 18.5 Å². The van der Waals surface area contributed by atoms with Crippen LogP contribution in [0.4, 0.5) is 5.95 Å². The van der Waals surface area contributed by atoms with Crippen LogP contribution in [0.1, 0.15) is 12.8 Å². The van der Waals surface area contributed by atoms with Gasteiger partial charge < -0.3 is 20.3 Å². The largest absolute Gasteiger partial charge is 0.378 e. The predicted molar refractivity (Wildman–Crippen MR) is 95.4 cm³/mol. The average Bonchev–Trinajstić information content (AvgIpc) is 2.67. The summed E-state index contributed by atoms with van der Waals surface area (Å²) in [5.41, 5.74) is 0. The molecule has 1 aromatic rings. The SMILES string of the molecule is c1cnc(N2CCN(CCCCNCC3COCCN3)CC2)nc1. The van der Waals surface area contributed by atoms with Crippen LogP contribution in [-0.2, 0) is 4.74 Å². The van der Waals surface area contributed by atoms with Crippen molar-refractivity contribution in [1.82, 2.24) is 25.5 Å². The number of aromatic nitrogens is 2. The first-order valence-electron chi connectivity index (χ1n) is 9.18. The van der Waals surface area contributed by atoms with Crippen LogP contribution in [0, 0.1) is 0 Å². The molecular formula is C17H30N6O. The first-order valence-corrected chi connectivity index (χ1v) is 9.18. The Morgan fingerprint density at radius 2 is 2.00 bits per heavy atom. The second-order valence-electron chi connectivity index (χ2n) is 6.51. The van der Waals surface area contributed by atoms with E-state index >= 15 is 0 Å². The Labute approximate surface area is 144 Å². The molecule has 3 heterocycles. The zero-order valence-electron chi connectivity index (χ0n) is 14.5. The van der Waals surface area contributed by atoms with Crippen molar-refractivity contribution in [2.24, 2.45) is 0 Å². The Bertz CT molecular complexity index is 446. The number of rotatable bonds is 8. The van der Waals surface area contributed by atoms with Crippen molar-refractivity contribution in [3.05, 3.63) is 18.5 Å². The zero-order valence-corrected chi connectivity index (χ0v) is 14.5. The number of unbranched alkanes of at least 4 members (excludes halogenated alkanes) is 1. The van der Waals surface area contributed by atoms with Crippen LogP contribution in [0.3, 0.4) is 0 Å². The molecule has 0 aromatic carbocycles. The molecule has 1 atom stereocenters. The predicted octanol–water partition coefficient (Wildman–Crippen LogP) is -0.0432. The van der Waals surface area contributed by atoms with Crippen LogP contribution < -0.4 is 15.5 Å². The van der Waals surface area contributed by atoms with E-state index < -0.39 is 0 Å². The fourth-order valence-electron chi connectivity index (χ4n) is 3.24. The maximum Gasteiger partial charge on any atom is 0.225 e. The topological polar surface area (TPSA) is 65.6 Å². The summed E-state index contributed by atoms with van der Waals surface area (Å²) in [6, 6.07) is 2.34. The summed E-state index contributed by atoms with van der Waals surface area (Å²) in [5.74, 6) is 0.863. The monoisotopic (exact) mass is 334 g/mol. The van der Waals surface area contributed by atoms with Gasteiger partial charge in [0, 0.05) is 57.7 Å². The highest BCUT2D eigenvalue weighted by Gasteiger charge is 2.18. The Kier molecular flexibility index (Phi) is 7.22. The number of ether oxygens (including phenoxy) is 1. The second kappa shape index (κ2) is 9.88. The van der Waals surface area contributed by atoms with Gasteiger partial charge in [0.25, 0.3) is 0 Å². The molecule has 0 spiro atoms. The summed E-state index contributed by atoms with van der Waals surface area (Å²) in [4.78, 5) is 13.5. The number of nitrogens with zero attached hydrogens (tertiary/aromatic N) is 4. The Morgan fingerprint density at radius 3 is 2.75 bits per heavy atom. The Hall–Kier alpha value is -1.28. The molecule has 1 unspecified atom stereocenters. The van der Waals surface area contributed by atoms with E-state index in [4.69, 9.17) is 4.74 Å². The lowest BCUT2D eigenvalue weighted by atomic mass is 10.2. The zero-order chi connectivity index (χ0) is 16.5. The van der Waals surface area contributed by atoms with Crippen LogP contribution in [0.5, 0.6) is 0 Å². The highest BCUT2D eigenvalue weighted by Crippen LogP contribution is 2.10. The van der Waals surface area contributed by atoms with Crippen molar-refractivity contribution in [3.63, 3.8) is 0 Å². The van der Waals surface area contributed by atoms with Gasteiger partial charge in [-0.05, 0) is 32.0 Å². The molecule has 0 radical (unpaired) electrons. The van der Waals surface area contributed by atoms with E-state index in [1.807, 2.05) is 18.5 Å². The fraction of sp³-hybridized carbons (Fsp3) is 0.765. The molecule has 7 heteroatoms. The van der Waals surface area contributed by atoms with Gasteiger partial charge >= 0.3 is 0 Å². The highest BCUT2D eigenvalue weighted by atomic mass is 16.5. The third kappa shape index (κ3) is 5.66. The molecule has 2 fully saturated rings. The average molecular weight is 334 g/mol. The molecule has 0 bridgehead atoms. The van der Waals surface area contributed by atoms with Crippen molar-refractivity contribution in [3.8, 4) is 0 Å². The Balaban J connectivity index is 1.21. The summed E-state index contributed by atoms with van der Waals surface area (Å²) < 4.78 is 5.46. The molecule has 7 nitrogen and oxygen atoms in total. The van der Waals surface area contributed by atoms with Crippen molar-refractivity contribution < 1.29 is 4.74 Å². The standard InChI is InChI=1S/C17H30N6O/c1(4-18-14-16-15-24-13-7-19-16)2-8-22-9-11-23(12-10-22)17-20-5-3-6-21-17/h3,5-6,16,18-19H,1-2,4,7-15H2. The number of hydrogen-bond donors (Lipinski definition) is 2. The van der Waals surface area contributed by atoms with E-state index in [2.05, 4.69) is 30.4 Å². The lowest BCUT2D eigenvalue weighted by Crippen LogP contribution is -2.47. The molecule has 3 rings (SSSR count). The maximum atomic E-state index is 5.46. The van der Waals surface area contributed by atoms with Crippen LogP contribution >= 0.6 is 0 Å². The molecule has 0 amide bonds. The fourth-order valence-corrected chi connectivity index (χ4v) is 3.24. The van der Waals surface area contributed by atoms with E-state index in [0.29, 0.717) is 6.04 Å². The van der Waals surface area contributed by atoms with E-state index in [0.717, 1.165) is 65.0 Å². The van der Waals surface area contributed by atoms with Gasteiger partial charge in [-0.2, -0.15) is 0 Å². The molecule has 2 aliphatic rings. The molecule has 0 saturated carbocycles. The van der Waals surface area contributed by atoms with Gasteiger partial charge in [-0.3, -0.25) is 4.90 Å². The van der Waals surface area contributed by atoms with Crippen LogP contribution in [-0.4, -0.2) is 86.5 Å². The first-order chi connectivity index (χ1) is 11.9. The highest BCUT2D eigenvalue weighted by molar-refractivity contribution is 5.29. The third-order valence-corrected chi connectivity index (χ3v) is 4.67. The van der Waals surface area contributed by atoms with Gasteiger partial charge in [0.2, 0.25) is 5.95 Å². The maximum absolute atomic E-state index is 5.46. The van der Waals surface area contributed by atoms with Gasteiger partial charge in [0.15, 0.2) is 0 Å². The number of piperazine rings is 1. The van der Waals surface area contributed by atoms with Crippen molar-refractivity contribution in [2.45, 2.75) is 18.9 Å². The Morgan fingerprint density at radius 1 is 1.17 bits per heavy atom. The summed E-state index contributed by atoms with van der Waals surface area (Å²) in [7, 11) is 0. The van der Waals surface area contributed by atoms with E-state index in [-0.39, 0.29) is 0 Å². The molecule has 2 N–H and O–H groups in total. The summed E-state index contributed by atoms with van der Waals surface area (Å²) in [6.45, 7) is 10.2. The van der Waals surface area contributed by atoms with E-state index in [1.54, 1.807) is 0 Å². The number of anilines is 1. The first kappa shape index (κ1) is 17.5. The summed E-state index contributed by atoms with van der Waals surface area (Å²) >= 11 is 0. The molecule has 0 aliphatic carbocycles. The smallest absolute Gasteiger partial charge is 0.225 e. The summed E-state index contributed by atoms with van der Waals surface area (Å²) in [6.07, 6.45) is 6.12. The van der Waals surface area contributed by atoms with Gasteiger partial charge in [-0.25, -0.2) is 9.97 Å². The molecule has 2 saturated heterocycles. The number of hydrogen-bond acceptors (Lipinski definition) is 7. The third-order valence-electron chi connectivity index (χ3n) is 4.67. The van der Waals surface area contributed by atoms with Crippen molar-refractivity contribution in [2.75, 3.05) is 70.5 Å².